The summed E-state index contributed by atoms with van der Waals surface area (Å²) < 4.78 is 15.2. The summed E-state index contributed by atoms with van der Waals surface area (Å²) in [6.07, 6.45) is 5.00. The molecule has 0 aliphatic heterocycles. The fourth-order valence-electron chi connectivity index (χ4n) is 2.65. The minimum atomic E-state index is -0.299. The molecule has 0 unspecified atom stereocenters. The first-order valence-corrected chi connectivity index (χ1v) is 9.40. The van der Waals surface area contributed by atoms with Crippen LogP contribution in [0, 0.1) is 12.7 Å². The zero-order valence-corrected chi connectivity index (χ0v) is 15.7. The average molecular weight is 394 g/mol. The second kappa shape index (κ2) is 7.73. The van der Waals surface area contributed by atoms with Crippen LogP contribution in [0.15, 0.2) is 60.1 Å². The third kappa shape index (κ3) is 3.99. The van der Waals surface area contributed by atoms with Gasteiger partial charge in [0, 0.05) is 24.2 Å². The molecule has 1 amide bonds. The summed E-state index contributed by atoms with van der Waals surface area (Å²) in [5.74, 6) is -0.206. The lowest BCUT2D eigenvalue weighted by molar-refractivity contribution is -0.113. The van der Waals surface area contributed by atoms with Crippen molar-refractivity contribution in [2.45, 2.75) is 12.1 Å². The first-order chi connectivity index (χ1) is 13.6. The van der Waals surface area contributed by atoms with Gasteiger partial charge in [0.1, 0.15) is 5.82 Å². The SMILES string of the molecule is Cc1ccc(F)cc1-c1ccc2nc(NC(=O)CSc3ncccn3)nn2c1. The molecule has 4 rings (SSSR count). The highest BCUT2D eigenvalue weighted by Crippen LogP contribution is 2.24. The van der Waals surface area contributed by atoms with Crippen molar-refractivity contribution in [3.8, 4) is 11.1 Å². The van der Waals surface area contributed by atoms with Crippen molar-refractivity contribution < 1.29 is 9.18 Å². The maximum absolute atomic E-state index is 13.6. The molecule has 0 spiro atoms. The van der Waals surface area contributed by atoms with E-state index in [-0.39, 0.29) is 23.4 Å². The number of thioether (sulfide) groups is 1. The first kappa shape index (κ1) is 18.1. The molecule has 0 saturated heterocycles. The Labute approximate surface area is 164 Å². The molecule has 0 bridgehead atoms. The van der Waals surface area contributed by atoms with E-state index in [0.29, 0.717) is 10.8 Å². The summed E-state index contributed by atoms with van der Waals surface area (Å²) in [6.45, 7) is 1.92. The highest BCUT2D eigenvalue weighted by Gasteiger charge is 2.11. The van der Waals surface area contributed by atoms with Gasteiger partial charge in [0.25, 0.3) is 0 Å². The quantitative estimate of drug-likeness (QED) is 0.413. The predicted molar refractivity (Wildman–Crippen MR) is 105 cm³/mol. The number of carbonyl (C=O) groups is 1. The van der Waals surface area contributed by atoms with Gasteiger partial charge in [0.05, 0.1) is 5.75 Å². The maximum atomic E-state index is 13.6. The molecule has 4 aromatic rings. The number of aryl methyl sites for hydroxylation is 1. The van der Waals surface area contributed by atoms with E-state index < -0.39 is 0 Å². The molecule has 0 radical (unpaired) electrons. The number of amides is 1. The van der Waals surface area contributed by atoms with Gasteiger partial charge >= 0.3 is 0 Å². The van der Waals surface area contributed by atoms with E-state index >= 15 is 0 Å². The van der Waals surface area contributed by atoms with E-state index in [1.54, 1.807) is 41.3 Å². The summed E-state index contributed by atoms with van der Waals surface area (Å²) in [7, 11) is 0. The van der Waals surface area contributed by atoms with E-state index in [2.05, 4.69) is 25.4 Å². The Morgan fingerprint density at radius 3 is 2.86 bits per heavy atom. The number of carbonyl (C=O) groups excluding carboxylic acids is 1. The lowest BCUT2D eigenvalue weighted by Crippen LogP contribution is -2.15. The van der Waals surface area contributed by atoms with Crippen molar-refractivity contribution in [3.05, 3.63) is 66.4 Å². The van der Waals surface area contributed by atoms with Crippen LogP contribution >= 0.6 is 11.8 Å². The molecule has 7 nitrogen and oxygen atoms in total. The topological polar surface area (TPSA) is 85.1 Å². The average Bonchev–Trinajstić information content (AvgIpc) is 3.10. The van der Waals surface area contributed by atoms with E-state index in [0.717, 1.165) is 16.7 Å². The Kier molecular flexibility index (Phi) is 4.98. The number of nitrogens with zero attached hydrogens (tertiary/aromatic N) is 5. The monoisotopic (exact) mass is 394 g/mol. The molecule has 3 aromatic heterocycles. The number of benzene rings is 1. The second-order valence-electron chi connectivity index (χ2n) is 5.98. The molecule has 1 N–H and O–H groups in total. The van der Waals surface area contributed by atoms with Crippen molar-refractivity contribution in [1.29, 1.82) is 0 Å². The van der Waals surface area contributed by atoms with Crippen LogP contribution in [0.2, 0.25) is 0 Å². The summed E-state index contributed by atoms with van der Waals surface area (Å²) >= 11 is 1.23. The molecular weight excluding hydrogens is 379 g/mol. The van der Waals surface area contributed by atoms with Crippen LogP contribution in [0.1, 0.15) is 5.56 Å². The van der Waals surface area contributed by atoms with Crippen molar-refractivity contribution in [2.24, 2.45) is 0 Å². The minimum Gasteiger partial charge on any atom is -0.292 e. The van der Waals surface area contributed by atoms with E-state index in [1.807, 2.05) is 13.0 Å². The van der Waals surface area contributed by atoms with Gasteiger partial charge < -0.3 is 0 Å². The minimum absolute atomic E-state index is 0.146. The van der Waals surface area contributed by atoms with Crippen molar-refractivity contribution in [3.63, 3.8) is 0 Å². The number of aromatic nitrogens is 5. The first-order valence-electron chi connectivity index (χ1n) is 8.41. The molecule has 0 aliphatic carbocycles. The fourth-order valence-corrected chi connectivity index (χ4v) is 3.25. The fraction of sp³-hybridized carbons (Fsp3) is 0.105. The van der Waals surface area contributed by atoms with Crippen LogP contribution in [-0.2, 0) is 4.79 Å². The smallest absolute Gasteiger partial charge is 0.249 e. The van der Waals surface area contributed by atoms with Crippen molar-refractivity contribution in [2.75, 3.05) is 11.1 Å². The largest absolute Gasteiger partial charge is 0.292 e. The van der Waals surface area contributed by atoms with Gasteiger partial charge in [-0.05, 0) is 48.4 Å². The van der Waals surface area contributed by atoms with E-state index in [4.69, 9.17) is 0 Å². The Morgan fingerprint density at radius 2 is 2.04 bits per heavy atom. The summed E-state index contributed by atoms with van der Waals surface area (Å²) in [5.41, 5.74) is 3.12. The molecule has 28 heavy (non-hydrogen) atoms. The van der Waals surface area contributed by atoms with Gasteiger partial charge in [-0.25, -0.2) is 18.9 Å². The molecule has 0 atom stereocenters. The number of hydrogen-bond acceptors (Lipinski definition) is 6. The number of rotatable bonds is 5. The summed E-state index contributed by atoms with van der Waals surface area (Å²) in [4.78, 5) is 24.5. The summed E-state index contributed by atoms with van der Waals surface area (Å²) in [6, 6.07) is 9.98. The number of halogens is 1. The van der Waals surface area contributed by atoms with Gasteiger partial charge in [0.15, 0.2) is 10.8 Å². The van der Waals surface area contributed by atoms with Crippen LogP contribution < -0.4 is 5.32 Å². The van der Waals surface area contributed by atoms with E-state index in [9.17, 15) is 9.18 Å². The molecule has 0 aliphatic rings. The van der Waals surface area contributed by atoms with Crippen molar-refractivity contribution in [1.82, 2.24) is 24.6 Å². The Balaban J connectivity index is 1.50. The third-order valence-corrected chi connectivity index (χ3v) is 4.84. The molecule has 140 valence electrons. The molecule has 9 heteroatoms. The number of hydrogen-bond donors (Lipinski definition) is 1. The molecule has 0 fully saturated rings. The highest BCUT2D eigenvalue weighted by molar-refractivity contribution is 7.99. The van der Waals surface area contributed by atoms with Crippen molar-refractivity contribution >= 4 is 29.3 Å². The highest BCUT2D eigenvalue weighted by atomic mass is 32.2. The van der Waals surface area contributed by atoms with Crippen LogP contribution in [0.25, 0.3) is 16.8 Å². The number of fused-ring (bicyclic) bond motifs is 1. The third-order valence-electron chi connectivity index (χ3n) is 3.97. The number of anilines is 1. The molecule has 3 heterocycles. The van der Waals surface area contributed by atoms with Gasteiger partial charge in [-0.2, -0.15) is 4.98 Å². The molecular formula is C19H15FN6OS. The van der Waals surface area contributed by atoms with Gasteiger partial charge in [-0.3, -0.25) is 10.1 Å². The number of pyridine rings is 1. The maximum Gasteiger partial charge on any atom is 0.249 e. The lowest BCUT2D eigenvalue weighted by Gasteiger charge is -2.06. The van der Waals surface area contributed by atoms with Crippen LogP contribution in [-0.4, -0.2) is 36.2 Å². The molecule has 1 aromatic carbocycles. The summed E-state index contributed by atoms with van der Waals surface area (Å²) in [5, 5.41) is 7.47. The van der Waals surface area contributed by atoms with Gasteiger partial charge in [0.2, 0.25) is 11.9 Å². The number of nitrogens with one attached hydrogen (secondary N) is 1. The zero-order valence-electron chi connectivity index (χ0n) is 14.8. The zero-order chi connectivity index (χ0) is 19.5. The Bertz CT molecular complexity index is 1150. The lowest BCUT2D eigenvalue weighted by atomic mass is 10.0. The van der Waals surface area contributed by atoms with Crippen LogP contribution in [0.4, 0.5) is 10.3 Å². The Hall–Kier alpha value is -3.33. The normalized spacial score (nSPS) is 10.9. The van der Waals surface area contributed by atoms with Crippen LogP contribution in [0.3, 0.4) is 0 Å². The Morgan fingerprint density at radius 1 is 1.21 bits per heavy atom. The molecule has 0 saturated carbocycles. The second-order valence-corrected chi connectivity index (χ2v) is 6.93. The van der Waals surface area contributed by atoms with E-state index in [1.165, 1.54) is 23.9 Å². The predicted octanol–water partition coefficient (Wildman–Crippen LogP) is 3.36. The van der Waals surface area contributed by atoms with Gasteiger partial charge in [-0.15, -0.1) is 5.10 Å². The van der Waals surface area contributed by atoms with Gasteiger partial charge in [-0.1, -0.05) is 17.8 Å². The van der Waals surface area contributed by atoms with Crippen LogP contribution in [0.5, 0.6) is 0 Å². The standard InChI is InChI=1S/C19H15FN6OS/c1-12-3-5-14(20)9-15(12)13-4-6-16-23-18(25-26(16)10-13)24-17(27)11-28-19-21-7-2-8-22-19/h2-10H,11H2,1H3,(H,24,25,27).